The lowest BCUT2D eigenvalue weighted by Crippen LogP contribution is -2.05. The fourth-order valence-corrected chi connectivity index (χ4v) is 1.96. The highest BCUT2D eigenvalue weighted by atomic mass is 16.6. The Morgan fingerprint density at radius 1 is 1.29 bits per heavy atom. The van der Waals surface area contributed by atoms with Gasteiger partial charge in [0.15, 0.2) is 6.29 Å². The molecule has 0 aliphatic carbocycles. The van der Waals surface area contributed by atoms with Crippen molar-refractivity contribution in [2.45, 2.75) is 32.7 Å². The van der Waals surface area contributed by atoms with E-state index in [2.05, 4.69) is 38.1 Å². The van der Waals surface area contributed by atoms with E-state index >= 15 is 0 Å². The van der Waals surface area contributed by atoms with Crippen molar-refractivity contribution in [2.75, 3.05) is 0 Å². The van der Waals surface area contributed by atoms with Gasteiger partial charge in [0.2, 0.25) is 0 Å². The molecule has 0 spiro atoms. The third-order valence-corrected chi connectivity index (χ3v) is 2.80. The molecule has 0 aromatic heterocycles. The predicted molar refractivity (Wildman–Crippen MR) is 54.8 cm³/mol. The van der Waals surface area contributed by atoms with E-state index in [1.54, 1.807) is 0 Å². The van der Waals surface area contributed by atoms with Gasteiger partial charge in [-0.2, -0.15) is 0 Å². The summed E-state index contributed by atoms with van der Waals surface area (Å²) in [4.78, 5) is 0. The maximum absolute atomic E-state index is 9.36. The fourth-order valence-electron chi connectivity index (χ4n) is 1.96. The van der Waals surface area contributed by atoms with Crippen molar-refractivity contribution < 1.29 is 9.84 Å². The van der Waals surface area contributed by atoms with Gasteiger partial charge in [-0.05, 0) is 18.4 Å². The van der Waals surface area contributed by atoms with Crippen molar-refractivity contribution in [2.24, 2.45) is 5.92 Å². The molecule has 2 nitrogen and oxygen atoms in total. The summed E-state index contributed by atoms with van der Waals surface area (Å²) < 4.78 is 5.46. The fraction of sp³-hybridized carbons (Fsp3) is 0.500. The van der Waals surface area contributed by atoms with Crippen LogP contribution in [0.1, 0.15) is 30.6 Å². The molecule has 1 aromatic rings. The molecule has 1 aromatic carbocycles. The molecule has 1 aliphatic heterocycles. The molecular formula is C12H16O2. The van der Waals surface area contributed by atoms with Crippen LogP contribution in [0.3, 0.4) is 0 Å². The first-order valence-electron chi connectivity index (χ1n) is 5.07. The molecule has 1 saturated heterocycles. The Hall–Kier alpha value is -0.860. The molecule has 1 heterocycles. The summed E-state index contributed by atoms with van der Waals surface area (Å²) in [6.45, 7) is 4.18. The van der Waals surface area contributed by atoms with Gasteiger partial charge < -0.3 is 9.84 Å². The van der Waals surface area contributed by atoms with Crippen LogP contribution in [-0.2, 0) is 4.74 Å². The van der Waals surface area contributed by atoms with Gasteiger partial charge in [-0.15, -0.1) is 0 Å². The Morgan fingerprint density at radius 3 is 2.43 bits per heavy atom. The highest BCUT2D eigenvalue weighted by Crippen LogP contribution is 2.36. The van der Waals surface area contributed by atoms with Crippen LogP contribution in [0.2, 0.25) is 0 Å². The number of hydrogen-bond acceptors (Lipinski definition) is 2. The first-order valence-corrected chi connectivity index (χ1v) is 5.07. The summed E-state index contributed by atoms with van der Waals surface area (Å²) in [5, 5.41) is 9.36. The van der Waals surface area contributed by atoms with E-state index in [4.69, 9.17) is 4.74 Å². The van der Waals surface area contributed by atoms with Crippen molar-refractivity contribution in [3.05, 3.63) is 35.4 Å². The Bertz CT molecular complexity index is 305. The molecule has 3 atom stereocenters. The van der Waals surface area contributed by atoms with E-state index in [1.165, 1.54) is 11.1 Å². The van der Waals surface area contributed by atoms with Gasteiger partial charge >= 0.3 is 0 Å². The van der Waals surface area contributed by atoms with Crippen molar-refractivity contribution in [1.29, 1.82) is 0 Å². The van der Waals surface area contributed by atoms with Crippen LogP contribution in [0, 0.1) is 12.8 Å². The average Bonchev–Trinajstić information content (AvgIpc) is 2.47. The van der Waals surface area contributed by atoms with E-state index < -0.39 is 6.29 Å². The molecule has 1 aliphatic rings. The molecule has 0 saturated carbocycles. The highest BCUT2D eigenvalue weighted by Gasteiger charge is 2.31. The largest absolute Gasteiger partial charge is 0.368 e. The number of rotatable bonds is 1. The molecule has 0 unspecified atom stereocenters. The Kier molecular flexibility index (Phi) is 2.57. The minimum absolute atomic E-state index is 0.0607. The SMILES string of the molecule is Cc1ccc([C@@H]2O[C@@H](O)C[C@@H]2C)cc1. The summed E-state index contributed by atoms with van der Waals surface area (Å²) in [7, 11) is 0. The van der Waals surface area contributed by atoms with Crippen LogP contribution in [-0.4, -0.2) is 11.4 Å². The molecule has 76 valence electrons. The lowest BCUT2D eigenvalue weighted by Gasteiger charge is -2.14. The highest BCUT2D eigenvalue weighted by molar-refractivity contribution is 5.24. The monoisotopic (exact) mass is 192 g/mol. The molecule has 1 N–H and O–H groups in total. The maximum Gasteiger partial charge on any atom is 0.155 e. The lowest BCUT2D eigenvalue weighted by atomic mass is 9.96. The zero-order valence-electron chi connectivity index (χ0n) is 8.60. The van der Waals surface area contributed by atoms with E-state index in [0.717, 1.165) is 6.42 Å². The van der Waals surface area contributed by atoms with Gasteiger partial charge in [0, 0.05) is 6.42 Å². The number of aliphatic hydroxyl groups excluding tert-OH is 1. The molecule has 14 heavy (non-hydrogen) atoms. The van der Waals surface area contributed by atoms with Crippen molar-refractivity contribution in [3.63, 3.8) is 0 Å². The number of aryl methyl sites for hydroxylation is 1. The Morgan fingerprint density at radius 2 is 1.93 bits per heavy atom. The third kappa shape index (κ3) is 1.81. The second kappa shape index (κ2) is 3.71. The van der Waals surface area contributed by atoms with E-state index in [9.17, 15) is 5.11 Å². The smallest absolute Gasteiger partial charge is 0.155 e. The first kappa shape index (κ1) is 9.69. The van der Waals surface area contributed by atoms with Crippen molar-refractivity contribution >= 4 is 0 Å². The van der Waals surface area contributed by atoms with Crippen LogP contribution >= 0.6 is 0 Å². The van der Waals surface area contributed by atoms with Crippen LogP contribution in [0.15, 0.2) is 24.3 Å². The van der Waals surface area contributed by atoms with Gasteiger partial charge in [0.1, 0.15) is 0 Å². The second-order valence-electron chi connectivity index (χ2n) is 4.14. The lowest BCUT2D eigenvalue weighted by molar-refractivity contribution is -0.0931. The third-order valence-electron chi connectivity index (χ3n) is 2.80. The molecular weight excluding hydrogens is 176 g/mol. The number of ether oxygens (including phenoxy) is 1. The molecule has 0 radical (unpaired) electrons. The minimum Gasteiger partial charge on any atom is -0.368 e. The summed E-state index contributed by atoms with van der Waals surface area (Å²) in [6, 6.07) is 8.31. The van der Waals surface area contributed by atoms with Crippen LogP contribution in [0.4, 0.5) is 0 Å². The first-order chi connectivity index (χ1) is 6.66. The molecule has 2 rings (SSSR count). The van der Waals surface area contributed by atoms with E-state index in [0.29, 0.717) is 5.92 Å². The van der Waals surface area contributed by atoms with E-state index in [-0.39, 0.29) is 6.10 Å². The minimum atomic E-state index is -0.587. The normalized spacial score (nSPS) is 32.1. The summed E-state index contributed by atoms with van der Waals surface area (Å²) >= 11 is 0. The predicted octanol–water partition coefficient (Wildman–Crippen LogP) is 2.41. The molecule has 0 bridgehead atoms. The van der Waals surface area contributed by atoms with Gasteiger partial charge in [0.25, 0.3) is 0 Å². The van der Waals surface area contributed by atoms with E-state index in [1.807, 2.05) is 0 Å². The van der Waals surface area contributed by atoms with Gasteiger partial charge in [-0.3, -0.25) is 0 Å². The Balaban J connectivity index is 2.19. The maximum atomic E-state index is 9.36. The van der Waals surface area contributed by atoms with Crippen molar-refractivity contribution in [3.8, 4) is 0 Å². The average molecular weight is 192 g/mol. The quantitative estimate of drug-likeness (QED) is 0.740. The molecule has 1 fully saturated rings. The zero-order valence-corrected chi connectivity index (χ0v) is 8.60. The van der Waals surface area contributed by atoms with Crippen LogP contribution < -0.4 is 0 Å². The Labute approximate surface area is 84.5 Å². The molecule has 0 amide bonds. The second-order valence-corrected chi connectivity index (χ2v) is 4.14. The van der Waals surface area contributed by atoms with Crippen molar-refractivity contribution in [1.82, 2.24) is 0 Å². The number of hydrogen-bond donors (Lipinski definition) is 1. The van der Waals surface area contributed by atoms with Crippen LogP contribution in [0.25, 0.3) is 0 Å². The number of benzene rings is 1. The summed E-state index contributed by atoms with van der Waals surface area (Å²) in [6.07, 6.45) is 0.209. The van der Waals surface area contributed by atoms with Gasteiger partial charge in [-0.25, -0.2) is 0 Å². The standard InChI is InChI=1S/C12H16O2/c1-8-3-5-10(6-4-8)12-9(2)7-11(13)14-12/h3-6,9,11-13H,7H2,1-2H3/t9-,11+,12+/m0/s1. The van der Waals surface area contributed by atoms with Gasteiger partial charge in [-0.1, -0.05) is 36.8 Å². The summed E-state index contributed by atoms with van der Waals surface area (Å²) in [5.74, 6) is 0.396. The van der Waals surface area contributed by atoms with Gasteiger partial charge in [0.05, 0.1) is 6.10 Å². The summed E-state index contributed by atoms with van der Waals surface area (Å²) in [5.41, 5.74) is 2.42. The zero-order chi connectivity index (χ0) is 10.1. The topological polar surface area (TPSA) is 29.5 Å². The molecule has 2 heteroatoms. The van der Waals surface area contributed by atoms with Crippen LogP contribution in [0.5, 0.6) is 0 Å². The number of aliphatic hydroxyl groups is 1.